The minimum absolute atomic E-state index is 0.00585. The van der Waals surface area contributed by atoms with Gasteiger partial charge < -0.3 is 10.6 Å². The SMILES string of the molecule is CN(SCCCSc1ccc(C#N)c(C#N)c1)c1nc(Nc2cccc(S(=O)(=O)O)c2)nc(Nc2cc(S(=O)(=O)O)ccc2S(=O)(=O)O)n1. The monoisotopic (exact) mass is 764 g/mol. The zero-order chi connectivity index (χ0) is 36.0. The van der Waals surface area contributed by atoms with Crippen LogP contribution in [-0.2, 0) is 30.4 Å². The summed E-state index contributed by atoms with van der Waals surface area (Å²) in [4.78, 5) is 11.7. The van der Waals surface area contributed by atoms with Crippen molar-refractivity contribution in [1.82, 2.24) is 15.0 Å². The summed E-state index contributed by atoms with van der Waals surface area (Å²) in [6.07, 6.45) is 0.672. The Morgan fingerprint density at radius 3 is 2.04 bits per heavy atom. The molecular formula is C27H24N8O9S5. The lowest BCUT2D eigenvalue weighted by atomic mass is 10.1. The van der Waals surface area contributed by atoms with Gasteiger partial charge in [-0.3, -0.25) is 18.0 Å². The van der Waals surface area contributed by atoms with E-state index < -0.39 is 50.7 Å². The third kappa shape index (κ3) is 10.2. The lowest BCUT2D eigenvalue weighted by Gasteiger charge is -2.18. The third-order valence-electron chi connectivity index (χ3n) is 6.14. The van der Waals surface area contributed by atoms with Crippen LogP contribution in [0.4, 0.5) is 29.2 Å². The van der Waals surface area contributed by atoms with Crippen LogP contribution < -0.4 is 14.9 Å². The van der Waals surface area contributed by atoms with E-state index in [9.17, 15) is 44.2 Å². The van der Waals surface area contributed by atoms with E-state index in [4.69, 9.17) is 5.26 Å². The molecule has 4 aromatic rings. The number of hydrogen-bond acceptors (Lipinski definition) is 16. The van der Waals surface area contributed by atoms with E-state index in [2.05, 4.69) is 25.6 Å². The highest BCUT2D eigenvalue weighted by Crippen LogP contribution is 2.30. The molecule has 1 heterocycles. The number of nitrogens with zero attached hydrogens (tertiary/aromatic N) is 6. The minimum atomic E-state index is -4.92. The van der Waals surface area contributed by atoms with Crippen molar-refractivity contribution in [2.45, 2.75) is 26.0 Å². The highest BCUT2D eigenvalue weighted by Gasteiger charge is 2.22. The molecule has 0 aliphatic heterocycles. The van der Waals surface area contributed by atoms with Crippen LogP contribution in [0, 0.1) is 22.7 Å². The van der Waals surface area contributed by atoms with E-state index in [1.807, 2.05) is 12.1 Å². The first kappa shape index (κ1) is 37.3. The fraction of sp³-hybridized carbons (Fsp3) is 0.148. The van der Waals surface area contributed by atoms with Gasteiger partial charge >= 0.3 is 0 Å². The number of thioether (sulfide) groups is 1. The molecule has 0 saturated carbocycles. The van der Waals surface area contributed by atoms with Crippen LogP contribution in [0.15, 0.2) is 80.2 Å². The first-order valence-electron chi connectivity index (χ1n) is 13.4. The van der Waals surface area contributed by atoms with E-state index in [-0.39, 0.29) is 34.7 Å². The predicted molar refractivity (Wildman–Crippen MR) is 181 cm³/mol. The second-order valence-corrected chi connectivity index (χ2v) is 16.2. The van der Waals surface area contributed by atoms with Crippen LogP contribution in [0.3, 0.4) is 0 Å². The number of nitriles is 2. The first-order chi connectivity index (χ1) is 23.0. The molecule has 5 N–H and O–H groups in total. The Kier molecular flexibility index (Phi) is 11.7. The number of anilines is 5. The molecule has 0 atom stereocenters. The van der Waals surface area contributed by atoms with Gasteiger partial charge in [-0.25, -0.2) is 0 Å². The van der Waals surface area contributed by atoms with Gasteiger partial charge in [0, 0.05) is 23.4 Å². The third-order valence-corrected chi connectivity index (χ3v) is 10.9. The molecule has 0 fully saturated rings. The van der Waals surface area contributed by atoms with Crippen molar-refractivity contribution < 1.29 is 38.9 Å². The van der Waals surface area contributed by atoms with Crippen molar-refractivity contribution in [3.8, 4) is 12.1 Å². The molecular weight excluding hydrogens is 741 g/mol. The van der Waals surface area contributed by atoms with Gasteiger partial charge in [-0.05, 0) is 78.7 Å². The quantitative estimate of drug-likeness (QED) is 0.0523. The molecule has 22 heteroatoms. The largest absolute Gasteiger partial charge is 0.324 e. The van der Waals surface area contributed by atoms with Crippen molar-refractivity contribution >= 4 is 83.3 Å². The van der Waals surface area contributed by atoms with Gasteiger partial charge in [0.1, 0.15) is 17.0 Å². The zero-order valence-corrected chi connectivity index (χ0v) is 29.0. The van der Waals surface area contributed by atoms with E-state index in [0.29, 0.717) is 17.9 Å². The van der Waals surface area contributed by atoms with Gasteiger partial charge in [-0.2, -0.15) is 50.7 Å². The molecule has 0 bridgehead atoms. The summed E-state index contributed by atoms with van der Waals surface area (Å²) >= 11 is 2.77. The number of benzene rings is 3. The Bertz CT molecular complexity index is 2310. The Morgan fingerprint density at radius 1 is 0.755 bits per heavy atom. The van der Waals surface area contributed by atoms with E-state index in [1.54, 1.807) is 29.6 Å². The normalized spacial score (nSPS) is 11.7. The van der Waals surface area contributed by atoms with Gasteiger partial charge in [0.05, 0.1) is 26.6 Å². The summed E-state index contributed by atoms with van der Waals surface area (Å²) in [7, 11) is -12.7. The van der Waals surface area contributed by atoms with Crippen LogP contribution in [0.25, 0.3) is 0 Å². The number of rotatable bonds is 14. The average Bonchev–Trinajstić information content (AvgIpc) is 3.03. The lowest BCUT2D eigenvalue weighted by molar-refractivity contribution is 0.479. The van der Waals surface area contributed by atoms with Gasteiger partial charge in [0.2, 0.25) is 17.8 Å². The maximum absolute atomic E-state index is 12.1. The highest BCUT2D eigenvalue weighted by atomic mass is 32.2. The maximum Gasteiger partial charge on any atom is 0.296 e. The second kappa shape index (κ2) is 15.4. The standard InChI is InChI=1S/C27H24N8O9S5/c1-35(46-11-3-10-45-20-7-6-17(15-28)18(12-20)16-29)27-33-25(30-19-4-2-5-21(13-19)47(36,37)38)32-26(34-27)31-23-14-22(48(39,40)41)8-9-24(23)49(42,43)44/h2,4-9,12-14H,3,10-11H2,1H3,(H,36,37,38)(H,39,40,41)(H,42,43,44)(H2,30,31,32,33,34). The molecule has 0 spiro atoms. The van der Waals surface area contributed by atoms with Crippen LogP contribution >= 0.6 is 23.7 Å². The topological polar surface area (TPSA) is 277 Å². The summed E-state index contributed by atoms with van der Waals surface area (Å²) in [5.74, 6) is 0.640. The van der Waals surface area contributed by atoms with Crippen molar-refractivity contribution in [3.63, 3.8) is 0 Å². The predicted octanol–water partition coefficient (Wildman–Crippen LogP) is 4.11. The summed E-state index contributed by atoms with van der Waals surface area (Å²) in [6, 6.07) is 16.2. The second-order valence-electron chi connectivity index (χ2n) is 9.61. The van der Waals surface area contributed by atoms with Gasteiger partial charge in [-0.15, -0.1) is 11.8 Å². The van der Waals surface area contributed by atoms with E-state index >= 15 is 0 Å². The number of nitrogens with one attached hydrogen (secondary N) is 2. The summed E-state index contributed by atoms with van der Waals surface area (Å²) in [6.45, 7) is 0. The summed E-state index contributed by atoms with van der Waals surface area (Å²) in [5, 5.41) is 23.6. The molecule has 4 rings (SSSR count). The Morgan fingerprint density at radius 2 is 1.41 bits per heavy atom. The summed E-state index contributed by atoms with van der Waals surface area (Å²) < 4.78 is 101. The van der Waals surface area contributed by atoms with Crippen LogP contribution in [0.2, 0.25) is 0 Å². The molecule has 0 aliphatic rings. The van der Waals surface area contributed by atoms with Gasteiger partial charge in [-0.1, -0.05) is 6.07 Å². The van der Waals surface area contributed by atoms with Gasteiger partial charge in [0.15, 0.2) is 0 Å². The van der Waals surface area contributed by atoms with Gasteiger partial charge in [0.25, 0.3) is 30.4 Å². The molecule has 0 amide bonds. The lowest BCUT2D eigenvalue weighted by Crippen LogP contribution is -2.15. The van der Waals surface area contributed by atoms with Crippen LogP contribution in [-0.4, -0.2) is 72.4 Å². The Hall–Kier alpha value is -4.52. The van der Waals surface area contributed by atoms with Crippen molar-refractivity contribution in [3.05, 3.63) is 71.8 Å². The highest BCUT2D eigenvalue weighted by molar-refractivity contribution is 8.01. The Labute approximate surface area is 289 Å². The average molecular weight is 765 g/mol. The number of aromatic nitrogens is 3. The molecule has 0 radical (unpaired) electrons. The first-order valence-corrected chi connectivity index (χ1v) is 19.6. The molecule has 1 aromatic heterocycles. The molecule has 49 heavy (non-hydrogen) atoms. The van der Waals surface area contributed by atoms with E-state index in [1.165, 1.54) is 35.8 Å². The summed E-state index contributed by atoms with van der Waals surface area (Å²) in [5.41, 5.74) is 0.183. The van der Waals surface area contributed by atoms with Crippen molar-refractivity contribution in [2.75, 3.05) is 33.5 Å². The van der Waals surface area contributed by atoms with Crippen LogP contribution in [0.1, 0.15) is 17.5 Å². The molecule has 17 nitrogen and oxygen atoms in total. The fourth-order valence-corrected chi connectivity index (χ4v) is 7.38. The fourth-order valence-electron chi connectivity index (χ4n) is 3.90. The molecule has 0 saturated heterocycles. The molecule has 0 unspecified atom stereocenters. The maximum atomic E-state index is 12.1. The number of hydrogen-bond donors (Lipinski definition) is 5. The molecule has 0 aliphatic carbocycles. The van der Waals surface area contributed by atoms with Crippen molar-refractivity contribution in [2.24, 2.45) is 0 Å². The Balaban J connectivity index is 1.60. The van der Waals surface area contributed by atoms with Crippen molar-refractivity contribution in [1.29, 1.82) is 10.5 Å². The van der Waals surface area contributed by atoms with E-state index in [0.717, 1.165) is 35.2 Å². The molecule has 256 valence electrons. The smallest absolute Gasteiger partial charge is 0.296 e. The minimum Gasteiger partial charge on any atom is -0.324 e. The molecule has 3 aromatic carbocycles. The zero-order valence-electron chi connectivity index (χ0n) is 24.9. The van der Waals surface area contributed by atoms with Crippen LogP contribution in [0.5, 0.6) is 0 Å².